The molecule has 1 aromatic heterocycles. The first-order chi connectivity index (χ1) is 13.9. The minimum Gasteiger partial charge on any atom is -0.442 e. The fourth-order valence-electron chi connectivity index (χ4n) is 2.58. The summed E-state index contributed by atoms with van der Waals surface area (Å²) in [6.45, 7) is 0. The van der Waals surface area contributed by atoms with Crippen LogP contribution < -0.4 is 10.6 Å². The van der Waals surface area contributed by atoms with Crippen LogP contribution in [0.1, 0.15) is 18.5 Å². The van der Waals surface area contributed by atoms with Crippen LogP contribution in [0.3, 0.4) is 0 Å². The van der Waals surface area contributed by atoms with E-state index in [1.807, 2.05) is 0 Å². The largest absolute Gasteiger partial charge is 0.442 e. The van der Waals surface area contributed by atoms with Crippen LogP contribution in [0.2, 0.25) is 0 Å². The molecule has 1 saturated carbocycles. The summed E-state index contributed by atoms with van der Waals surface area (Å²) < 4.78 is 23.8. The van der Waals surface area contributed by atoms with Crippen LogP contribution in [0.4, 0.5) is 14.9 Å². The number of primary amides is 1. The number of carbonyl (C=O) groups is 1. The minimum atomic E-state index is -0.844. The summed E-state index contributed by atoms with van der Waals surface area (Å²) in [7, 11) is 0. The van der Waals surface area contributed by atoms with Gasteiger partial charge in [-0.25, -0.2) is 23.5 Å². The summed E-state index contributed by atoms with van der Waals surface area (Å²) in [6.07, 6.45) is 0.520. The maximum absolute atomic E-state index is 13.6. The number of ether oxygens (including phenoxy) is 1. The quantitative estimate of drug-likeness (QED) is 0.485. The molecule has 29 heavy (non-hydrogen) atoms. The summed E-state index contributed by atoms with van der Waals surface area (Å²) in [5.74, 6) is 1.38. The smallest absolute Gasteiger partial charge is 0.405 e. The zero-order valence-corrected chi connectivity index (χ0v) is 16.8. The lowest BCUT2D eigenvalue weighted by Crippen LogP contribution is -2.28. The van der Waals surface area contributed by atoms with Crippen molar-refractivity contribution in [3.63, 3.8) is 0 Å². The third-order valence-corrected chi connectivity index (χ3v) is 5.97. The number of amidine groups is 1. The van der Waals surface area contributed by atoms with Crippen molar-refractivity contribution >= 4 is 51.2 Å². The second-order valence-corrected chi connectivity index (χ2v) is 7.98. The van der Waals surface area contributed by atoms with Gasteiger partial charge in [0.2, 0.25) is 5.84 Å². The number of benzene rings is 1. The van der Waals surface area contributed by atoms with Gasteiger partial charge in [0.1, 0.15) is 11.4 Å². The van der Waals surface area contributed by atoms with E-state index in [0.717, 1.165) is 0 Å². The first-order valence-corrected chi connectivity index (χ1v) is 9.90. The van der Waals surface area contributed by atoms with Crippen LogP contribution in [0.5, 0.6) is 0 Å². The van der Waals surface area contributed by atoms with E-state index in [2.05, 4.69) is 31.4 Å². The molecule has 10 nitrogen and oxygen atoms in total. The molecule has 1 amide bonds. The fourth-order valence-corrected chi connectivity index (χ4v) is 4.05. The number of carbonyl (C=O) groups excluding carboxylic acids is 2. The van der Waals surface area contributed by atoms with Crippen LogP contribution in [-0.2, 0) is 14.4 Å². The molecule has 4 rings (SSSR count). The zero-order chi connectivity index (χ0) is 20.6. The molecule has 1 aliphatic carbocycles. The van der Waals surface area contributed by atoms with Gasteiger partial charge in [-0.05, 0) is 57.3 Å². The van der Waals surface area contributed by atoms with E-state index in [1.54, 1.807) is 5.94 Å². The summed E-state index contributed by atoms with van der Waals surface area (Å²) in [5, 5.41) is 11.9. The Bertz CT molecular complexity index is 1070. The molecular weight excluding hydrogens is 473 g/mol. The van der Waals surface area contributed by atoms with Crippen LogP contribution >= 0.6 is 27.7 Å². The van der Waals surface area contributed by atoms with E-state index in [9.17, 15) is 14.0 Å². The van der Waals surface area contributed by atoms with E-state index in [-0.39, 0.29) is 21.9 Å². The van der Waals surface area contributed by atoms with E-state index < -0.39 is 17.5 Å². The number of nitrogens with two attached hydrogens (primary N) is 1. The van der Waals surface area contributed by atoms with Gasteiger partial charge in [0.25, 0.3) is 0 Å². The van der Waals surface area contributed by atoms with Crippen LogP contribution in [0.15, 0.2) is 43.4 Å². The number of nitrogens with zero attached hydrogens (tertiary/aromatic N) is 4. The molecule has 0 atom stereocenters. The van der Waals surface area contributed by atoms with Crippen molar-refractivity contribution in [1.29, 1.82) is 0 Å². The van der Waals surface area contributed by atoms with E-state index in [0.29, 0.717) is 29.3 Å². The number of rotatable bonds is 6. The molecular formula is C16H11BrFN5O5S. The molecule has 2 N–H and O–H groups in total. The zero-order valence-electron chi connectivity index (χ0n) is 14.4. The predicted molar refractivity (Wildman–Crippen MR) is 101 cm³/mol. The van der Waals surface area contributed by atoms with Gasteiger partial charge in [-0.15, -0.1) is 0 Å². The number of aromatic nitrogens is 2. The molecule has 0 radical (unpaired) electrons. The second-order valence-electron chi connectivity index (χ2n) is 6.16. The van der Waals surface area contributed by atoms with Gasteiger partial charge < -0.3 is 15.3 Å². The summed E-state index contributed by atoms with van der Waals surface area (Å²) >= 11 is 4.32. The van der Waals surface area contributed by atoms with Crippen LogP contribution in [0, 0.1) is 5.82 Å². The molecule has 2 aliphatic rings. The van der Waals surface area contributed by atoms with Gasteiger partial charge in [-0.3, -0.25) is 0 Å². The highest BCUT2D eigenvalue weighted by molar-refractivity contribution is 9.10. The Labute approximate surface area is 174 Å². The molecule has 0 unspecified atom stereocenters. The highest BCUT2D eigenvalue weighted by Gasteiger charge is 2.47. The van der Waals surface area contributed by atoms with Gasteiger partial charge in [-0.1, -0.05) is 16.9 Å². The number of hydrogen-bond donors (Lipinski definition) is 1. The Morgan fingerprint density at radius 3 is 2.90 bits per heavy atom. The van der Waals surface area contributed by atoms with Crippen LogP contribution in [-0.4, -0.2) is 39.5 Å². The third kappa shape index (κ3) is 3.84. The van der Waals surface area contributed by atoms with E-state index in [4.69, 9.17) is 19.9 Å². The number of thioether (sulfide) groups is 1. The summed E-state index contributed by atoms with van der Waals surface area (Å²) in [5.41, 5.74) is 5.03. The molecule has 150 valence electrons. The van der Waals surface area contributed by atoms with Crippen LogP contribution in [0.25, 0.3) is 0 Å². The molecule has 0 saturated heterocycles. The number of anilines is 1. The predicted octanol–water partition coefficient (Wildman–Crippen LogP) is 2.56. The monoisotopic (exact) mass is 483 g/mol. The molecule has 1 aromatic carbocycles. The Morgan fingerprint density at radius 1 is 1.45 bits per heavy atom. The van der Waals surface area contributed by atoms with Crippen molar-refractivity contribution in [3.05, 3.63) is 40.1 Å². The van der Waals surface area contributed by atoms with Crippen molar-refractivity contribution in [2.24, 2.45) is 10.9 Å². The minimum absolute atomic E-state index is 0.103. The van der Waals surface area contributed by atoms with Gasteiger partial charge in [0, 0.05) is 5.75 Å². The lowest BCUT2D eigenvalue weighted by atomic mass is 10.2. The van der Waals surface area contributed by atoms with Gasteiger partial charge in [0.15, 0.2) is 16.7 Å². The first kappa shape index (κ1) is 19.4. The number of halogens is 2. The Kier molecular flexibility index (Phi) is 5.03. The molecule has 0 bridgehead atoms. The van der Waals surface area contributed by atoms with Crippen molar-refractivity contribution in [2.75, 3.05) is 10.7 Å². The molecule has 2 aromatic rings. The Morgan fingerprint density at radius 2 is 2.24 bits per heavy atom. The molecule has 1 fully saturated rings. The maximum Gasteiger partial charge on any atom is 0.405 e. The number of amides is 1. The van der Waals surface area contributed by atoms with Crippen molar-refractivity contribution in [2.45, 2.75) is 23.5 Å². The van der Waals surface area contributed by atoms with Crippen molar-refractivity contribution in [1.82, 2.24) is 10.3 Å². The summed E-state index contributed by atoms with van der Waals surface area (Å²) in [6, 6.07) is 4.09. The summed E-state index contributed by atoms with van der Waals surface area (Å²) in [4.78, 5) is 28.7. The Balaban J connectivity index is 1.61. The van der Waals surface area contributed by atoms with Crippen molar-refractivity contribution in [3.8, 4) is 0 Å². The average Bonchev–Trinajstić information content (AvgIpc) is 3.11. The van der Waals surface area contributed by atoms with Gasteiger partial charge in [-0.2, -0.15) is 0 Å². The molecule has 1 aliphatic heterocycles. The molecule has 13 heteroatoms. The average molecular weight is 484 g/mol. The number of hydrogen-bond acceptors (Lipinski definition) is 10. The Hall–Kier alpha value is -2.89. The highest BCUT2D eigenvalue weighted by atomic mass is 79.9. The SMILES string of the molecule is NC(=O)OC1(CSc2nonc2C2=NOC(=C=O)N2c2ccc(F)c(Br)c2)CC1. The third-order valence-electron chi connectivity index (χ3n) is 4.15. The number of oxime groups is 1. The lowest BCUT2D eigenvalue weighted by Gasteiger charge is -2.17. The van der Waals surface area contributed by atoms with E-state index in [1.165, 1.54) is 34.9 Å². The molecule has 2 heterocycles. The highest BCUT2D eigenvalue weighted by Crippen LogP contribution is 2.44. The first-order valence-electron chi connectivity index (χ1n) is 8.12. The standard InChI is InChI=1S/C16H11BrFN5O5S/c17-9-5-8(1-2-10(9)18)23-11(6-24)27-21-13(23)12-14(22-28-20-12)29-7-16(3-4-16)26-15(19)25/h1-2,5H,3-4,7H2,(H2,19,25). The van der Waals surface area contributed by atoms with Crippen molar-refractivity contribution < 1.29 is 28.2 Å². The van der Waals surface area contributed by atoms with E-state index >= 15 is 0 Å². The normalized spacial score (nSPS) is 16.8. The maximum atomic E-state index is 13.6. The molecule has 0 spiro atoms. The topological polar surface area (TPSA) is 133 Å². The second kappa shape index (κ2) is 7.50. The van der Waals surface area contributed by atoms with Gasteiger partial charge >= 0.3 is 12.0 Å². The van der Waals surface area contributed by atoms with Gasteiger partial charge in [0.05, 0.1) is 10.2 Å². The fraction of sp³-hybridized carbons (Fsp3) is 0.250. The lowest BCUT2D eigenvalue weighted by molar-refractivity contribution is 0.105.